The quantitative estimate of drug-likeness (QED) is 0.333. The molecule has 0 unspecified atom stereocenters. The summed E-state index contributed by atoms with van der Waals surface area (Å²) in [5.41, 5.74) is 1.53. The smallest absolute Gasteiger partial charge is 0.338 e. The summed E-state index contributed by atoms with van der Waals surface area (Å²) in [6.07, 6.45) is 1.69. The Labute approximate surface area is 226 Å². The van der Waals surface area contributed by atoms with Crippen molar-refractivity contribution in [2.45, 2.75) is 26.8 Å². The predicted octanol–water partition coefficient (Wildman–Crippen LogP) is 4.04. The number of esters is 2. The van der Waals surface area contributed by atoms with Gasteiger partial charge in [0, 0.05) is 6.92 Å². The topological polar surface area (TPSA) is 96.2 Å². The molecule has 0 amide bonds. The van der Waals surface area contributed by atoms with Gasteiger partial charge >= 0.3 is 11.9 Å². The average molecular weight is 561 g/mol. The Balaban J connectivity index is 1.95. The number of carbonyl (C=O) groups is 2. The van der Waals surface area contributed by atoms with Crippen molar-refractivity contribution in [3.05, 3.63) is 88.5 Å². The van der Waals surface area contributed by atoms with Crippen LogP contribution in [0.4, 0.5) is 0 Å². The van der Waals surface area contributed by atoms with Gasteiger partial charge < -0.3 is 14.2 Å². The molecule has 1 aliphatic rings. The number of benzene rings is 2. The number of thiazole rings is 1. The average Bonchev–Trinajstić information content (AvgIpc) is 3.15. The molecule has 2 aromatic carbocycles. The summed E-state index contributed by atoms with van der Waals surface area (Å²) in [7, 11) is 1.43. The van der Waals surface area contributed by atoms with Crippen LogP contribution < -0.4 is 24.4 Å². The van der Waals surface area contributed by atoms with E-state index in [1.165, 1.54) is 29.9 Å². The van der Waals surface area contributed by atoms with Crippen LogP contribution in [0.2, 0.25) is 10.0 Å². The summed E-state index contributed by atoms with van der Waals surface area (Å²) in [5.74, 6) is -0.618. The zero-order chi connectivity index (χ0) is 26.9. The first-order valence-corrected chi connectivity index (χ1v) is 12.7. The van der Waals surface area contributed by atoms with Crippen LogP contribution in [0.1, 0.15) is 37.9 Å². The fourth-order valence-electron chi connectivity index (χ4n) is 3.95. The number of hydrogen-bond donors (Lipinski definition) is 0. The van der Waals surface area contributed by atoms with Crippen molar-refractivity contribution >= 4 is 52.6 Å². The Bertz CT molecular complexity index is 1620. The third-order valence-electron chi connectivity index (χ3n) is 5.52. The van der Waals surface area contributed by atoms with E-state index in [1.54, 1.807) is 56.3 Å². The molecule has 1 aliphatic heterocycles. The molecule has 0 fully saturated rings. The zero-order valence-corrected chi connectivity index (χ0v) is 22.7. The number of hydrogen-bond acceptors (Lipinski definition) is 8. The molecule has 0 saturated heterocycles. The fourth-order valence-corrected chi connectivity index (χ4v) is 5.31. The molecular weight excluding hydrogens is 539 g/mol. The number of ether oxygens (including phenoxy) is 3. The Hall–Kier alpha value is -3.40. The van der Waals surface area contributed by atoms with E-state index >= 15 is 0 Å². The second kappa shape index (κ2) is 10.9. The van der Waals surface area contributed by atoms with Crippen molar-refractivity contribution in [2.24, 2.45) is 4.99 Å². The lowest BCUT2D eigenvalue weighted by molar-refractivity contribution is -0.139. The minimum Gasteiger partial charge on any atom is -0.493 e. The molecule has 11 heteroatoms. The van der Waals surface area contributed by atoms with E-state index < -0.39 is 18.0 Å². The summed E-state index contributed by atoms with van der Waals surface area (Å²) in [5, 5.41) is 0.766. The van der Waals surface area contributed by atoms with Gasteiger partial charge in [-0.1, -0.05) is 46.7 Å². The number of rotatable bonds is 6. The fraction of sp³-hybridized carbons (Fsp3) is 0.231. The number of allylic oxidation sites excluding steroid dienone is 1. The molecule has 1 aromatic heterocycles. The minimum atomic E-state index is -0.855. The zero-order valence-electron chi connectivity index (χ0n) is 20.3. The first-order valence-electron chi connectivity index (χ1n) is 11.2. The minimum absolute atomic E-state index is 0.152. The summed E-state index contributed by atoms with van der Waals surface area (Å²) in [4.78, 5) is 43.2. The normalized spacial score (nSPS) is 15.2. The predicted molar refractivity (Wildman–Crippen MR) is 141 cm³/mol. The second-order valence-corrected chi connectivity index (χ2v) is 9.80. The number of halogens is 2. The lowest BCUT2D eigenvalue weighted by atomic mass is 9.95. The van der Waals surface area contributed by atoms with Crippen molar-refractivity contribution in [1.29, 1.82) is 0 Å². The summed E-state index contributed by atoms with van der Waals surface area (Å²) < 4.78 is 17.8. The number of fused-ring (bicyclic) bond motifs is 1. The van der Waals surface area contributed by atoms with E-state index in [0.29, 0.717) is 36.2 Å². The van der Waals surface area contributed by atoms with Crippen LogP contribution in [0, 0.1) is 0 Å². The van der Waals surface area contributed by atoms with E-state index in [-0.39, 0.29) is 29.2 Å². The van der Waals surface area contributed by atoms with Crippen LogP contribution in [-0.4, -0.2) is 30.2 Å². The molecule has 0 radical (unpaired) electrons. The Morgan fingerprint density at radius 3 is 2.54 bits per heavy atom. The molecule has 0 N–H and O–H groups in total. The molecule has 1 atom stereocenters. The lowest BCUT2D eigenvalue weighted by Gasteiger charge is -2.25. The number of nitrogens with zero attached hydrogens (tertiary/aromatic N) is 2. The highest BCUT2D eigenvalue weighted by molar-refractivity contribution is 7.07. The van der Waals surface area contributed by atoms with Gasteiger partial charge in [-0.15, -0.1) is 0 Å². The Morgan fingerprint density at radius 1 is 1.14 bits per heavy atom. The number of methoxy groups -OCH3 is 1. The molecule has 192 valence electrons. The first-order chi connectivity index (χ1) is 17.6. The van der Waals surface area contributed by atoms with Gasteiger partial charge in [-0.3, -0.25) is 14.2 Å². The summed E-state index contributed by atoms with van der Waals surface area (Å²) in [6.45, 7) is 4.83. The van der Waals surface area contributed by atoms with Crippen LogP contribution in [0.3, 0.4) is 0 Å². The van der Waals surface area contributed by atoms with E-state index in [9.17, 15) is 14.4 Å². The van der Waals surface area contributed by atoms with Crippen molar-refractivity contribution in [3.63, 3.8) is 0 Å². The Kier molecular flexibility index (Phi) is 7.87. The van der Waals surface area contributed by atoms with Crippen LogP contribution in [-0.2, 0) is 14.3 Å². The van der Waals surface area contributed by atoms with Gasteiger partial charge in [0.15, 0.2) is 16.3 Å². The van der Waals surface area contributed by atoms with Crippen molar-refractivity contribution in [1.82, 2.24) is 4.57 Å². The highest BCUT2D eigenvalue weighted by Gasteiger charge is 2.34. The van der Waals surface area contributed by atoms with Crippen molar-refractivity contribution in [3.8, 4) is 11.5 Å². The standard InChI is InChI=1S/C26H22Cl2N2O6S/c1-5-35-25(33)22-13(2)29-26-30(23(22)16-7-9-19(36-14(3)31)20(12-16)34-4)24(32)21(37-26)11-15-6-8-17(27)18(28)10-15/h6-12,23H,5H2,1-4H3/t23-/m1/s1. The van der Waals surface area contributed by atoms with Crippen LogP contribution >= 0.6 is 34.5 Å². The largest absolute Gasteiger partial charge is 0.493 e. The van der Waals surface area contributed by atoms with Gasteiger partial charge in [-0.2, -0.15) is 0 Å². The molecule has 0 aliphatic carbocycles. The van der Waals surface area contributed by atoms with Gasteiger partial charge in [-0.05, 0) is 55.3 Å². The van der Waals surface area contributed by atoms with Gasteiger partial charge in [0.05, 0.1) is 45.6 Å². The lowest BCUT2D eigenvalue weighted by Crippen LogP contribution is -2.40. The number of carbonyl (C=O) groups excluding carboxylic acids is 2. The Morgan fingerprint density at radius 2 is 1.89 bits per heavy atom. The van der Waals surface area contributed by atoms with Gasteiger partial charge in [0.1, 0.15) is 0 Å². The molecule has 37 heavy (non-hydrogen) atoms. The van der Waals surface area contributed by atoms with Gasteiger partial charge in [0.25, 0.3) is 5.56 Å². The van der Waals surface area contributed by atoms with Crippen LogP contribution in [0.25, 0.3) is 6.08 Å². The first kappa shape index (κ1) is 26.7. The molecule has 2 heterocycles. The maximum Gasteiger partial charge on any atom is 0.338 e. The van der Waals surface area contributed by atoms with E-state index in [1.807, 2.05) is 0 Å². The molecule has 3 aromatic rings. The molecule has 8 nitrogen and oxygen atoms in total. The molecular formula is C26H22Cl2N2O6S. The van der Waals surface area contributed by atoms with E-state index in [4.69, 9.17) is 37.4 Å². The van der Waals surface area contributed by atoms with Crippen LogP contribution in [0.5, 0.6) is 11.5 Å². The molecule has 0 spiro atoms. The van der Waals surface area contributed by atoms with Crippen LogP contribution in [0.15, 0.2) is 57.5 Å². The van der Waals surface area contributed by atoms with E-state index in [2.05, 4.69) is 4.99 Å². The van der Waals surface area contributed by atoms with E-state index in [0.717, 1.165) is 0 Å². The van der Waals surface area contributed by atoms with Crippen molar-refractivity contribution in [2.75, 3.05) is 13.7 Å². The SMILES string of the molecule is CCOC(=O)C1=C(C)N=c2sc(=Cc3ccc(Cl)c(Cl)c3)c(=O)n2[C@@H]1c1ccc(OC(C)=O)c(OC)c1. The monoisotopic (exact) mass is 560 g/mol. The third-order valence-corrected chi connectivity index (χ3v) is 7.24. The molecule has 4 rings (SSSR count). The molecule has 0 bridgehead atoms. The van der Waals surface area contributed by atoms with Crippen molar-refractivity contribution < 1.29 is 23.8 Å². The summed E-state index contributed by atoms with van der Waals surface area (Å²) >= 11 is 13.4. The van der Waals surface area contributed by atoms with Gasteiger partial charge in [-0.25, -0.2) is 9.79 Å². The highest BCUT2D eigenvalue weighted by Crippen LogP contribution is 2.36. The molecule has 0 saturated carbocycles. The maximum absolute atomic E-state index is 13.7. The number of aromatic nitrogens is 1. The summed E-state index contributed by atoms with van der Waals surface area (Å²) in [6, 6.07) is 9.04. The maximum atomic E-state index is 13.7. The highest BCUT2D eigenvalue weighted by atomic mass is 35.5. The second-order valence-electron chi connectivity index (χ2n) is 7.98. The van der Waals surface area contributed by atoms with Gasteiger partial charge in [0.2, 0.25) is 0 Å². The third kappa shape index (κ3) is 5.34.